The van der Waals surface area contributed by atoms with Gasteiger partial charge in [-0.1, -0.05) is 38.4 Å². The third kappa shape index (κ3) is 4.39. The molecular formula is C13H20Cl2FNO. The molecule has 0 aromatic heterocycles. The van der Waals surface area contributed by atoms with Crippen LogP contribution in [0.2, 0.25) is 5.02 Å². The summed E-state index contributed by atoms with van der Waals surface area (Å²) in [5.41, 5.74) is 5.96. The fraction of sp³-hybridized carbons (Fsp3) is 0.538. The fourth-order valence-electron chi connectivity index (χ4n) is 1.54. The lowest BCUT2D eigenvalue weighted by molar-refractivity contribution is 0.130. The number of nitrogens with two attached hydrogens (primary N) is 1. The van der Waals surface area contributed by atoms with Gasteiger partial charge >= 0.3 is 0 Å². The Bertz CT molecular complexity index is 373. The molecule has 1 aromatic rings. The van der Waals surface area contributed by atoms with Gasteiger partial charge in [-0.15, -0.1) is 12.4 Å². The maximum atomic E-state index is 13.6. The molecule has 0 fully saturated rings. The van der Waals surface area contributed by atoms with Crippen molar-refractivity contribution in [2.75, 3.05) is 0 Å². The van der Waals surface area contributed by atoms with Gasteiger partial charge in [-0.2, -0.15) is 0 Å². The molecule has 104 valence electrons. The second-order valence-electron chi connectivity index (χ2n) is 5.36. The van der Waals surface area contributed by atoms with Crippen LogP contribution in [0.25, 0.3) is 0 Å². The Balaban J connectivity index is 0.00000289. The third-order valence-corrected chi connectivity index (χ3v) is 3.25. The fourth-order valence-corrected chi connectivity index (χ4v) is 1.83. The van der Waals surface area contributed by atoms with E-state index in [-0.39, 0.29) is 40.9 Å². The van der Waals surface area contributed by atoms with E-state index in [1.165, 1.54) is 12.1 Å². The normalized spacial score (nSPS) is 14.8. The number of hydrogen-bond donors (Lipinski definition) is 2. The second-order valence-corrected chi connectivity index (χ2v) is 5.77. The van der Waals surface area contributed by atoms with Gasteiger partial charge in [0.05, 0.1) is 6.10 Å². The first-order valence-corrected chi connectivity index (χ1v) is 5.99. The Morgan fingerprint density at radius 1 is 1.39 bits per heavy atom. The lowest BCUT2D eigenvalue weighted by Gasteiger charge is -2.29. The summed E-state index contributed by atoms with van der Waals surface area (Å²) in [5, 5.41) is 10.2. The molecule has 0 bridgehead atoms. The maximum Gasteiger partial charge on any atom is 0.130 e. The van der Waals surface area contributed by atoms with Crippen molar-refractivity contribution in [2.24, 2.45) is 11.1 Å². The molecule has 0 aliphatic carbocycles. The molecule has 0 aliphatic heterocycles. The van der Waals surface area contributed by atoms with Crippen LogP contribution in [0.1, 0.15) is 38.9 Å². The quantitative estimate of drug-likeness (QED) is 0.893. The lowest BCUT2D eigenvalue weighted by atomic mass is 9.83. The van der Waals surface area contributed by atoms with Crippen LogP contribution in [0.3, 0.4) is 0 Å². The molecule has 1 aromatic carbocycles. The number of rotatable bonds is 3. The van der Waals surface area contributed by atoms with Gasteiger partial charge in [0.15, 0.2) is 0 Å². The van der Waals surface area contributed by atoms with E-state index in [9.17, 15) is 9.50 Å². The van der Waals surface area contributed by atoms with E-state index in [4.69, 9.17) is 17.3 Å². The van der Waals surface area contributed by atoms with Crippen molar-refractivity contribution in [1.29, 1.82) is 0 Å². The van der Waals surface area contributed by atoms with Gasteiger partial charge in [-0.25, -0.2) is 4.39 Å². The molecule has 0 saturated heterocycles. The highest BCUT2D eigenvalue weighted by Gasteiger charge is 2.26. The monoisotopic (exact) mass is 295 g/mol. The lowest BCUT2D eigenvalue weighted by Crippen LogP contribution is -2.36. The van der Waals surface area contributed by atoms with Crippen LogP contribution in [0.5, 0.6) is 0 Å². The van der Waals surface area contributed by atoms with Crippen LogP contribution in [0.15, 0.2) is 18.2 Å². The van der Waals surface area contributed by atoms with E-state index >= 15 is 0 Å². The van der Waals surface area contributed by atoms with Crippen LogP contribution in [0.4, 0.5) is 4.39 Å². The summed E-state index contributed by atoms with van der Waals surface area (Å²) in [6, 6.07) is 4.13. The first-order chi connectivity index (χ1) is 7.73. The predicted molar refractivity (Wildman–Crippen MR) is 75.7 cm³/mol. The van der Waals surface area contributed by atoms with Gasteiger partial charge in [-0.05, 0) is 24.0 Å². The van der Waals surface area contributed by atoms with Crippen LogP contribution >= 0.6 is 24.0 Å². The molecule has 0 heterocycles. The molecule has 0 amide bonds. The van der Waals surface area contributed by atoms with Crippen molar-refractivity contribution < 1.29 is 9.50 Å². The zero-order chi connectivity index (χ0) is 13.2. The van der Waals surface area contributed by atoms with E-state index in [2.05, 4.69) is 0 Å². The average Bonchev–Trinajstić information content (AvgIpc) is 2.15. The van der Waals surface area contributed by atoms with Crippen molar-refractivity contribution in [1.82, 2.24) is 0 Å². The molecule has 0 spiro atoms. The van der Waals surface area contributed by atoms with Gasteiger partial charge in [0, 0.05) is 16.6 Å². The van der Waals surface area contributed by atoms with Gasteiger partial charge in [0.2, 0.25) is 0 Å². The summed E-state index contributed by atoms with van der Waals surface area (Å²) >= 11 is 5.88. The van der Waals surface area contributed by atoms with Crippen molar-refractivity contribution in [3.63, 3.8) is 0 Å². The summed E-state index contributed by atoms with van der Waals surface area (Å²) in [6.45, 7) is 5.94. The largest absolute Gasteiger partial charge is 0.388 e. The predicted octanol–water partition coefficient (Wildman–Crippen LogP) is 3.70. The highest BCUT2D eigenvalue weighted by molar-refractivity contribution is 6.31. The molecule has 2 nitrogen and oxygen atoms in total. The Labute approximate surface area is 119 Å². The first-order valence-electron chi connectivity index (χ1n) is 5.61. The van der Waals surface area contributed by atoms with E-state index in [1.54, 1.807) is 6.07 Å². The maximum absolute atomic E-state index is 13.6. The molecule has 18 heavy (non-hydrogen) atoms. The number of aliphatic hydroxyl groups excluding tert-OH is 1. The van der Waals surface area contributed by atoms with Gasteiger partial charge in [-0.3, -0.25) is 0 Å². The Kier molecular flexibility index (Phi) is 6.58. The third-order valence-electron chi connectivity index (χ3n) is 2.92. The molecular weight excluding hydrogens is 276 g/mol. The molecule has 3 N–H and O–H groups in total. The topological polar surface area (TPSA) is 46.2 Å². The smallest absolute Gasteiger partial charge is 0.130 e. The summed E-state index contributed by atoms with van der Waals surface area (Å²) in [4.78, 5) is 0. The van der Waals surface area contributed by atoms with Crippen molar-refractivity contribution >= 4 is 24.0 Å². The highest BCUT2D eigenvalue weighted by atomic mass is 35.5. The minimum atomic E-state index is -0.974. The van der Waals surface area contributed by atoms with Crippen LogP contribution in [-0.4, -0.2) is 11.1 Å². The molecule has 0 saturated carbocycles. The second kappa shape index (κ2) is 6.71. The number of benzene rings is 1. The van der Waals surface area contributed by atoms with Gasteiger partial charge in [0.25, 0.3) is 0 Å². The molecule has 2 atom stereocenters. The van der Waals surface area contributed by atoms with Crippen LogP contribution < -0.4 is 5.73 Å². The molecule has 1 rings (SSSR count). The highest BCUT2D eigenvalue weighted by Crippen LogP contribution is 2.31. The van der Waals surface area contributed by atoms with Crippen molar-refractivity contribution in [2.45, 2.75) is 39.3 Å². The average molecular weight is 296 g/mol. The summed E-state index contributed by atoms with van der Waals surface area (Å²) < 4.78 is 13.6. The van der Waals surface area contributed by atoms with E-state index in [0.717, 1.165) is 0 Å². The van der Waals surface area contributed by atoms with E-state index in [0.29, 0.717) is 0 Å². The standard InChI is InChI=1S/C13H19ClFNO.ClH/c1-13(2,3)11(16)7-10(17)12-8(14)5-4-6-9(12)15;/h4-6,10-11,17H,7,16H2,1-3H3;1H/t10-,11+;/m0./s1. The zero-order valence-electron chi connectivity index (χ0n) is 10.8. The van der Waals surface area contributed by atoms with Gasteiger partial charge in [0.1, 0.15) is 5.82 Å². The Morgan fingerprint density at radius 3 is 2.39 bits per heavy atom. The minimum absolute atomic E-state index is 0. The molecule has 0 radical (unpaired) electrons. The van der Waals surface area contributed by atoms with Crippen LogP contribution in [-0.2, 0) is 0 Å². The summed E-state index contributed by atoms with van der Waals surface area (Å²) in [5.74, 6) is -0.494. The molecule has 0 unspecified atom stereocenters. The Morgan fingerprint density at radius 2 is 1.94 bits per heavy atom. The first kappa shape index (κ1) is 17.6. The summed E-state index contributed by atoms with van der Waals surface area (Å²) in [6.07, 6.45) is -0.692. The van der Waals surface area contributed by atoms with Gasteiger partial charge < -0.3 is 10.8 Å². The van der Waals surface area contributed by atoms with Crippen LogP contribution in [0, 0.1) is 11.2 Å². The number of halogens is 3. The number of aliphatic hydroxyl groups is 1. The molecule has 5 heteroatoms. The van der Waals surface area contributed by atoms with Crippen molar-refractivity contribution in [3.05, 3.63) is 34.6 Å². The molecule has 0 aliphatic rings. The van der Waals surface area contributed by atoms with Crippen molar-refractivity contribution in [3.8, 4) is 0 Å². The minimum Gasteiger partial charge on any atom is -0.388 e. The zero-order valence-corrected chi connectivity index (χ0v) is 12.4. The Hall–Kier alpha value is -0.350. The summed E-state index contributed by atoms with van der Waals surface area (Å²) in [7, 11) is 0. The SMILES string of the molecule is CC(C)(C)[C@H](N)C[C@H](O)c1c(F)cccc1Cl.Cl. The number of hydrogen-bond acceptors (Lipinski definition) is 2. The van der Waals surface area contributed by atoms with E-state index in [1.807, 2.05) is 20.8 Å². The van der Waals surface area contributed by atoms with E-state index < -0.39 is 11.9 Å².